The van der Waals surface area contributed by atoms with Crippen LogP contribution >= 0.6 is 11.3 Å². The molecule has 0 aliphatic carbocycles. The minimum atomic E-state index is -0.786. The predicted molar refractivity (Wildman–Crippen MR) is 128 cm³/mol. The van der Waals surface area contributed by atoms with Crippen molar-refractivity contribution in [2.24, 2.45) is 0 Å². The molecule has 0 saturated heterocycles. The fourth-order valence-corrected chi connectivity index (χ4v) is 3.89. The molecular formula is C25H23FN2O6S. The van der Waals surface area contributed by atoms with E-state index in [-0.39, 0.29) is 28.7 Å². The van der Waals surface area contributed by atoms with Crippen LogP contribution in [-0.4, -0.2) is 43.3 Å². The van der Waals surface area contributed by atoms with Crippen LogP contribution < -0.4 is 15.4 Å². The van der Waals surface area contributed by atoms with Crippen LogP contribution in [0.3, 0.4) is 0 Å². The molecule has 1 heterocycles. The first kappa shape index (κ1) is 25.6. The van der Waals surface area contributed by atoms with Crippen LogP contribution in [0.25, 0.3) is 0 Å². The summed E-state index contributed by atoms with van der Waals surface area (Å²) in [6.45, 7) is 0.968. The maximum absolute atomic E-state index is 13.7. The predicted octanol–water partition coefficient (Wildman–Crippen LogP) is 3.62. The van der Waals surface area contributed by atoms with Crippen LogP contribution in [0.1, 0.15) is 31.8 Å². The molecule has 182 valence electrons. The van der Waals surface area contributed by atoms with Crippen LogP contribution in [-0.2, 0) is 20.7 Å². The zero-order valence-corrected chi connectivity index (χ0v) is 19.7. The van der Waals surface area contributed by atoms with E-state index in [0.717, 1.165) is 4.88 Å². The van der Waals surface area contributed by atoms with Gasteiger partial charge in [-0.25, -0.2) is 9.18 Å². The van der Waals surface area contributed by atoms with Crippen molar-refractivity contribution < 1.29 is 33.0 Å². The molecule has 0 radical (unpaired) electrons. The Bertz CT molecular complexity index is 1230. The highest BCUT2D eigenvalue weighted by molar-refractivity contribution is 7.14. The van der Waals surface area contributed by atoms with Gasteiger partial charge in [0.25, 0.3) is 5.91 Å². The van der Waals surface area contributed by atoms with E-state index in [4.69, 9.17) is 9.47 Å². The van der Waals surface area contributed by atoms with E-state index in [1.165, 1.54) is 48.6 Å². The van der Waals surface area contributed by atoms with Crippen molar-refractivity contribution in [2.45, 2.75) is 13.3 Å². The SMILES string of the molecule is CC(=O)NCCc1ccc(C(=O)COC(=O)c2ccccc2OCC(=O)Nc2ccccc2F)s1. The summed E-state index contributed by atoms with van der Waals surface area (Å²) in [4.78, 5) is 49.4. The summed E-state index contributed by atoms with van der Waals surface area (Å²) in [7, 11) is 0. The van der Waals surface area contributed by atoms with Gasteiger partial charge in [0.1, 0.15) is 17.1 Å². The molecule has 0 aliphatic heterocycles. The largest absolute Gasteiger partial charge is 0.483 e. The van der Waals surface area contributed by atoms with Gasteiger partial charge in [-0.05, 0) is 42.8 Å². The molecule has 0 fully saturated rings. The highest BCUT2D eigenvalue weighted by Gasteiger charge is 2.18. The van der Waals surface area contributed by atoms with Gasteiger partial charge in [-0.2, -0.15) is 0 Å². The van der Waals surface area contributed by atoms with Gasteiger partial charge in [-0.1, -0.05) is 24.3 Å². The molecule has 2 amide bonds. The number of nitrogens with one attached hydrogen (secondary N) is 2. The third kappa shape index (κ3) is 7.75. The minimum absolute atomic E-state index is 0.0131. The highest BCUT2D eigenvalue weighted by atomic mass is 32.1. The number of carbonyl (C=O) groups excluding carboxylic acids is 4. The number of benzene rings is 2. The Morgan fingerprint density at radius 2 is 1.69 bits per heavy atom. The Balaban J connectivity index is 1.52. The number of thiophene rings is 1. The number of carbonyl (C=O) groups is 4. The average Bonchev–Trinajstić information content (AvgIpc) is 3.31. The molecule has 0 aliphatic rings. The van der Waals surface area contributed by atoms with Crippen LogP contribution in [0.2, 0.25) is 0 Å². The van der Waals surface area contributed by atoms with Crippen LogP contribution in [0.5, 0.6) is 5.75 Å². The van der Waals surface area contributed by atoms with Gasteiger partial charge >= 0.3 is 5.97 Å². The molecule has 3 aromatic rings. The number of hydrogen-bond acceptors (Lipinski definition) is 7. The lowest BCUT2D eigenvalue weighted by Crippen LogP contribution is -2.22. The van der Waals surface area contributed by atoms with Crippen molar-refractivity contribution in [3.63, 3.8) is 0 Å². The van der Waals surface area contributed by atoms with Crippen molar-refractivity contribution in [1.29, 1.82) is 0 Å². The van der Waals surface area contributed by atoms with Gasteiger partial charge in [-0.3, -0.25) is 14.4 Å². The van der Waals surface area contributed by atoms with E-state index in [9.17, 15) is 23.6 Å². The zero-order chi connectivity index (χ0) is 25.2. The lowest BCUT2D eigenvalue weighted by Gasteiger charge is -2.11. The third-order valence-electron chi connectivity index (χ3n) is 4.63. The first-order valence-corrected chi connectivity index (χ1v) is 11.4. The van der Waals surface area contributed by atoms with Gasteiger partial charge in [-0.15, -0.1) is 11.3 Å². The molecule has 2 N–H and O–H groups in total. The molecule has 0 bridgehead atoms. The number of amides is 2. The van der Waals surface area contributed by atoms with Crippen molar-refractivity contribution in [2.75, 3.05) is 25.1 Å². The second kappa shape index (κ2) is 12.4. The Morgan fingerprint density at radius 1 is 0.943 bits per heavy atom. The summed E-state index contributed by atoms with van der Waals surface area (Å²) in [5.74, 6) is -2.38. The topological polar surface area (TPSA) is 111 Å². The zero-order valence-electron chi connectivity index (χ0n) is 18.8. The van der Waals surface area contributed by atoms with Gasteiger partial charge in [0.15, 0.2) is 13.2 Å². The molecule has 2 aromatic carbocycles. The molecule has 0 atom stereocenters. The van der Waals surface area contributed by atoms with Gasteiger partial charge < -0.3 is 20.1 Å². The Morgan fingerprint density at radius 3 is 2.46 bits per heavy atom. The number of halogens is 1. The second-order valence-corrected chi connectivity index (χ2v) is 8.48. The summed E-state index contributed by atoms with van der Waals surface area (Å²) in [6.07, 6.45) is 0.590. The maximum Gasteiger partial charge on any atom is 0.342 e. The molecular weight excluding hydrogens is 475 g/mol. The normalized spacial score (nSPS) is 10.3. The Kier molecular flexibility index (Phi) is 9.08. The number of anilines is 1. The van der Waals surface area contributed by atoms with Crippen molar-refractivity contribution in [1.82, 2.24) is 5.32 Å². The fourth-order valence-electron chi connectivity index (χ4n) is 2.96. The summed E-state index contributed by atoms with van der Waals surface area (Å²) in [5.41, 5.74) is 0.0559. The monoisotopic (exact) mass is 498 g/mol. The summed E-state index contributed by atoms with van der Waals surface area (Å²) in [5, 5.41) is 5.08. The molecule has 0 unspecified atom stereocenters. The molecule has 35 heavy (non-hydrogen) atoms. The molecule has 8 nitrogen and oxygen atoms in total. The highest BCUT2D eigenvalue weighted by Crippen LogP contribution is 2.21. The summed E-state index contributed by atoms with van der Waals surface area (Å²) in [6, 6.07) is 15.3. The van der Waals surface area contributed by atoms with Crippen molar-refractivity contribution in [3.8, 4) is 5.75 Å². The number of para-hydroxylation sites is 2. The van der Waals surface area contributed by atoms with E-state index in [2.05, 4.69) is 10.6 Å². The van der Waals surface area contributed by atoms with E-state index >= 15 is 0 Å². The fraction of sp³-hybridized carbons (Fsp3) is 0.200. The number of Topliss-reactive ketones (excluding diaryl/α,β-unsaturated/α-hetero) is 1. The molecule has 3 rings (SSSR count). The smallest absolute Gasteiger partial charge is 0.342 e. The quantitative estimate of drug-likeness (QED) is 0.309. The molecule has 0 spiro atoms. The average molecular weight is 499 g/mol. The Labute approximate surface area is 205 Å². The lowest BCUT2D eigenvalue weighted by atomic mass is 10.2. The first-order chi connectivity index (χ1) is 16.8. The number of ketones is 1. The molecule has 10 heteroatoms. The molecule has 1 aromatic heterocycles. The number of esters is 1. The second-order valence-electron chi connectivity index (χ2n) is 7.31. The lowest BCUT2D eigenvalue weighted by molar-refractivity contribution is -0.119. The summed E-state index contributed by atoms with van der Waals surface area (Å²) < 4.78 is 24.3. The van der Waals surface area contributed by atoms with Crippen molar-refractivity contribution in [3.05, 3.63) is 81.8 Å². The van der Waals surface area contributed by atoms with Crippen LogP contribution in [0.4, 0.5) is 10.1 Å². The van der Waals surface area contributed by atoms with E-state index in [1.807, 2.05) is 0 Å². The molecule has 0 saturated carbocycles. The van der Waals surface area contributed by atoms with E-state index in [1.54, 1.807) is 30.3 Å². The standard InChI is InChI=1S/C25H23FN2O6S/c1-16(29)27-13-12-17-10-11-23(35-17)21(30)14-34-25(32)18-6-2-5-9-22(18)33-15-24(31)28-20-8-4-3-7-19(20)26/h2-11H,12-15H2,1H3,(H,27,29)(H,28,31). The minimum Gasteiger partial charge on any atom is -0.483 e. The van der Waals surface area contributed by atoms with E-state index in [0.29, 0.717) is 17.8 Å². The first-order valence-electron chi connectivity index (χ1n) is 10.6. The summed E-state index contributed by atoms with van der Waals surface area (Å²) >= 11 is 1.27. The van der Waals surface area contributed by atoms with Crippen molar-refractivity contribution >= 4 is 40.6 Å². The van der Waals surface area contributed by atoms with Gasteiger partial charge in [0.05, 0.1) is 10.6 Å². The van der Waals surface area contributed by atoms with E-state index < -0.39 is 30.9 Å². The van der Waals surface area contributed by atoms with Crippen LogP contribution in [0.15, 0.2) is 60.7 Å². The Hall–Kier alpha value is -4.05. The number of rotatable bonds is 11. The number of hydrogen-bond donors (Lipinski definition) is 2. The van der Waals surface area contributed by atoms with Gasteiger partial charge in [0, 0.05) is 18.3 Å². The van der Waals surface area contributed by atoms with Gasteiger partial charge in [0.2, 0.25) is 11.7 Å². The maximum atomic E-state index is 13.7. The van der Waals surface area contributed by atoms with Crippen LogP contribution in [0, 0.1) is 5.82 Å². The number of ether oxygens (including phenoxy) is 2. The third-order valence-corrected chi connectivity index (χ3v) is 5.82.